The van der Waals surface area contributed by atoms with Crippen molar-refractivity contribution in [1.82, 2.24) is 4.98 Å². The van der Waals surface area contributed by atoms with Gasteiger partial charge in [0.05, 0.1) is 23.7 Å². The summed E-state index contributed by atoms with van der Waals surface area (Å²) in [6.07, 6.45) is 0.0685. The first kappa shape index (κ1) is 15.8. The molecule has 126 valence electrons. The number of ether oxygens (including phenoxy) is 1. The molecule has 1 aliphatic rings. The predicted octanol–water partition coefficient (Wildman–Crippen LogP) is 4.30. The molecule has 0 bridgehead atoms. The number of para-hydroxylation sites is 2. The molecule has 25 heavy (non-hydrogen) atoms. The molecule has 0 radical (unpaired) electrons. The van der Waals surface area contributed by atoms with Gasteiger partial charge in [0.2, 0.25) is 0 Å². The molecule has 0 spiro atoms. The number of hydrogen-bond acceptors (Lipinski definition) is 4. The first-order valence-electron chi connectivity index (χ1n) is 7.96. The third-order valence-corrected chi connectivity index (χ3v) is 5.09. The fraction of sp³-hybridized carbons (Fsp3) is 0.158. The lowest BCUT2D eigenvalue weighted by molar-refractivity contribution is -0.137. The number of aromatic amines is 1. The number of aliphatic imine (C=N–C) groups is 1. The Morgan fingerprint density at radius 2 is 2.08 bits per heavy atom. The highest BCUT2D eigenvalue weighted by molar-refractivity contribution is 8.14. The van der Waals surface area contributed by atoms with Crippen LogP contribution in [0, 0.1) is 0 Å². The molecule has 3 aromatic rings. The van der Waals surface area contributed by atoms with E-state index in [4.69, 9.17) is 9.84 Å². The van der Waals surface area contributed by atoms with Gasteiger partial charge in [-0.05, 0) is 24.3 Å². The van der Waals surface area contributed by atoms with Crippen molar-refractivity contribution in [3.63, 3.8) is 0 Å². The molecule has 2 heterocycles. The molecule has 4 rings (SSSR count). The topological polar surface area (TPSA) is 74.7 Å². The number of aliphatic carboxylic acids is 1. The van der Waals surface area contributed by atoms with E-state index in [1.807, 2.05) is 54.6 Å². The third kappa shape index (κ3) is 3.39. The predicted molar refractivity (Wildman–Crippen MR) is 99.9 cm³/mol. The van der Waals surface area contributed by atoms with E-state index in [1.165, 1.54) is 0 Å². The maximum atomic E-state index is 10.9. The number of thioether (sulfide) groups is 1. The van der Waals surface area contributed by atoms with Crippen molar-refractivity contribution in [2.24, 2.45) is 4.99 Å². The van der Waals surface area contributed by atoms with E-state index in [-0.39, 0.29) is 12.5 Å². The number of nitrogens with one attached hydrogen (secondary N) is 1. The summed E-state index contributed by atoms with van der Waals surface area (Å²) in [7, 11) is 0. The van der Waals surface area contributed by atoms with Crippen LogP contribution in [0.2, 0.25) is 0 Å². The Hall–Kier alpha value is -2.73. The molecule has 6 heteroatoms. The Morgan fingerprint density at radius 3 is 2.88 bits per heavy atom. The van der Waals surface area contributed by atoms with Gasteiger partial charge >= 0.3 is 5.97 Å². The van der Waals surface area contributed by atoms with Crippen LogP contribution in [-0.4, -0.2) is 32.9 Å². The first-order chi connectivity index (χ1) is 12.2. The SMILES string of the molecule is O=C(O)CC1CSC(c2cc3cccc(Oc4ccccc4)c3[nH]2)=N1. The molecule has 0 amide bonds. The Labute approximate surface area is 148 Å². The second kappa shape index (κ2) is 6.64. The van der Waals surface area contributed by atoms with E-state index < -0.39 is 5.97 Å². The zero-order chi connectivity index (χ0) is 17.2. The number of carboxylic acids is 1. The largest absolute Gasteiger partial charge is 0.481 e. The highest BCUT2D eigenvalue weighted by Crippen LogP contribution is 2.32. The molecule has 0 aliphatic carbocycles. The van der Waals surface area contributed by atoms with Gasteiger partial charge in [-0.3, -0.25) is 9.79 Å². The zero-order valence-corrected chi connectivity index (χ0v) is 14.1. The highest BCUT2D eigenvalue weighted by Gasteiger charge is 2.23. The molecule has 0 saturated carbocycles. The lowest BCUT2D eigenvalue weighted by Gasteiger charge is -2.06. The van der Waals surface area contributed by atoms with E-state index in [0.717, 1.165) is 33.1 Å². The molecule has 1 aromatic heterocycles. The van der Waals surface area contributed by atoms with Gasteiger partial charge in [-0.15, -0.1) is 11.8 Å². The Kier molecular flexibility index (Phi) is 4.19. The molecule has 0 saturated heterocycles. The van der Waals surface area contributed by atoms with Crippen LogP contribution in [0.1, 0.15) is 12.1 Å². The van der Waals surface area contributed by atoms with Gasteiger partial charge < -0.3 is 14.8 Å². The molecule has 1 aliphatic heterocycles. The van der Waals surface area contributed by atoms with Crippen LogP contribution in [0.25, 0.3) is 10.9 Å². The number of fused-ring (bicyclic) bond motifs is 1. The maximum absolute atomic E-state index is 10.9. The summed E-state index contributed by atoms with van der Waals surface area (Å²) in [6, 6.07) is 17.4. The van der Waals surface area contributed by atoms with Crippen LogP contribution in [0.3, 0.4) is 0 Å². The lowest BCUT2D eigenvalue weighted by Crippen LogP contribution is -2.10. The summed E-state index contributed by atoms with van der Waals surface area (Å²) >= 11 is 1.59. The monoisotopic (exact) mass is 352 g/mol. The normalized spacial score (nSPS) is 16.8. The number of benzene rings is 2. The number of aromatic nitrogens is 1. The van der Waals surface area contributed by atoms with Gasteiger partial charge in [-0.2, -0.15) is 0 Å². The minimum absolute atomic E-state index is 0.0685. The van der Waals surface area contributed by atoms with Gasteiger partial charge in [0.15, 0.2) is 5.75 Å². The molecule has 2 N–H and O–H groups in total. The van der Waals surface area contributed by atoms with Crippen LogP contribution in [0.5, 0.6) is 11.5 Å². The van der Waals surface area contributed by atoms with Crippen molar-refractivity contribution in [1.29, 1.82) is 0 Å². The first-order valence-corrected chi connectivity index (χ1v) is 8.95. The fourth-order valence-electron chi connectivity index (χ4n) is 2.81. The second-order valence-corrected chi connectivity index (χ2v) is 6.82. The van der Waals surface area contributed by atoms with E-state index in [1.54, 1.807) is 11.8 Å². The van der Waals surface area contributed by atoms with Crippen molar-refractivity contribution < 1.29 is 14.6 Å². The Bertz CT molecular complexity index is 950. The van der Waals surface area contributed by atoms with Crippen molar-refractivity contribution in [2.45, 2.75) is 12.5 Å². The van der Waals surface area contributed by atoms with Gasteiger partial charge in [-0.25, -0.2) is 0 Å². The highest BCUT2D eigenvalue weighted by atomic mass is 32.2. The van der Waals surface area contributed by atoms with E-state index in [9.17, 15) is 4.79 Å². The van der Waals surface area contributed by atoms with E-state index in [2.05, 4.69) is 9.98 Å². The Balaban J connectivity index is 1.65. The summed E-state index contributed by atoms with van der Waals surface area (Å²) in [5.41, 5.74) is 1.81. The van der Waals surface area contributed by atoms with Gasteiger partial charge in [0.25, 0.3) is 0 Å². The number of carbonyl (C=O) groups is 1. The minimum atomic E-state index is -0.814. The number of rotatable bonds is 5. The lowest BCUT2D eigenvalue weighted by atomic mass is 10.2. The van der Waals surface area contributed by atoms with Crippen molar-refractivity contribution in [3.05, 3.63) is 60.3 Å². The van der Waals surface area contributed by atoms with Gasteiger partial charge in [0, 0.05) is 11.1 Å². The maximum Gasteiger partial charge on any atom is 0.305 e. The van der Waals surface area contributed by atoms with Crippen LogP contribution < -0.4 is 4.74 Å². The minimum Gasteiger partial charge on any atom is -0.481 e. The second-order valence-electron chi connectivity index (χ2n) is 5.82. The molecular weight excluding hydrogens is 336 g/mol. The van der Waals surface area contributed by atoms with Gasteiger partial charge in [-0.1, -0.05) is 30.3 Å². The van der Waals surface area contributed by atoms with E-state index >= 15 is 0 Å². The summed E-state index contributed by atoms with van der Waals surface area (Å²) in [5, 5.41) is 10.8. The van der Waals surface area contributed by atoms with Crippen LogP contribution in [0.15, 0.2) is 59.6 Å². The Morgan fingerprint density at radius 1 is 1.24 bits per heavy atom. The summed E-state index contributed by atoms with van der Waals surface area (Å²) in [6.45, 7) is 0. The van der Waals surface area contributed by atoms with Crippen LogP contribution >= 0.6 is 11.8 Å². The van der Waals surface area contributed by atoms with Crippen molar-refractivity contribution in [2.75, 3.05) is 5.75 Å². The standard InChI is InChI=1S/C19H16N2O3S/c22-17(23)10-13-11-25-19(20-13)15-9-12-5-4-8-16(18(12)21-15)24-14-6-2-1-3-7-14/h1-9,13,21H,10-11H2,(H,22,23). The van der Waals surface area contributed by atoms with Gasteiger partial charge in [0.1, 0.15) is 10.8 Å². The quantitative estimate of drug-likeness (QED) is 0.718. The number of H-pyrrole nitrogens is 1. The average Bonchev–Trinajstić information content (AvgIpc) is 3.22. The molecule has 1 unspecified atom stereocenters. The summed E-state index contributed by atoms with van der Waals surface area (Å²) in [4.78, 5) is 18.8. The molecule has 2 aromatic carbocycles. The summed E-state index contributed by atoms with van der Waals surface area (Å²) < 4.78 is 5.99. The molecule has 5 nitrogen and oxygen atoms in total. The molecular formula is C19H16N2O3S. The third-order valence-electron chi connectivity index (χ3n) is 3.94. The smallest absolute Gasteiger partial charge is 0.305 e. The number of nitrogens with zero attached hydrogens (tertiary/aromatic N) is 1. The average molecular weight is 352 g/mol. The van der Waals surface area contributed by atoms with E-state index in [0.29, 0.717) is 5.75 Å². The molecule has 1 atom stereocenters. The van der Waals surface area contributed by atoms with Crippen molar-refractivity contribution in [3.8, 4) is 11.5 Å². The molecule has 0 fully saturated rings. The fourth-order valence-corrected chi connectivity index (χ4v) is 3.84. The van der Waals surface area contributed by atoms with Crippen molar-refractivity contribution >= 4 is 33.7 Å². The van der Waals surface area contributed by atoms with Crippen LogP contribution in [0.4, 0.5) is 0 Å². The summed E-state index contributed by atoms with van der Waals surface area (Å²) in [5.74, 6) is 1.41. The zero-order valence-electron chi connectivity index (χ0n) is 13.3. The van der Waals surface area contributed by atoms with Crippen LogP contribution in [-0.2, 0) is 4.79 Å². The number of hydrogen-bond donors (Lipinski definition) is 2. The number of carboxylic acid groups (broad SMARTS) is 1.